The van der Waals surface area contributed by atoms with E-state index in [2.05, 4.69) is 31.4 Å². The van der Waals surface area contributed by atoms with Gasteiger partial charge in [-0.15, -0.1) is 0 Å². The number of amides is 1. The molecule has 0 saturated heterocycles. The molecule has 1 aromatic carbocycles. The summed E-state index contributed by atoms with van der Waals surface area (Å²) in [6.07, 6.45) is 0. The van der Waals surface area contributed by atoms with Gasteiger partial charge in [0, 0.05) is 10.2 Å². The Balaban J connectivity index is 2.05. The quantitative estimate of drug-likeness (QED) is 0.841. The molecule has 7 heteroatoms. The molecule has 94 valence electrons. The fourth-order valence-electron chi connectivity index (χ4n) is 1.38. The maximum atomic E-state index is 11.9. The molecule has 0 aliphatic carbocycles. The van der Waals surface area contributed by atoms with E-state index in [0.29, 0.717) is 27.4 Å². The van der Waals surface area contributed by atoms with Crippen molar-refractivity contribution in [3.63, 3.8) is 0 Å². The number of rotatable bonds is 3. The molecule has 18 heavy (non-hydrogen) atoms. The second-order valence-corrected chi connectivity index (χ2v) is 4.51. The normalized spacial score (nSPS) is 10.3. The van der Waals surface area contributed by atoms with Crippen LogP contribution in [-0.4, -0.2) is 16.0 Å². The zero-order valence-corrected chi connectivity index (χ0v) is 11.2. The summed E-state index contributed by atoms with van der Waals surface area (Å²) >= 11 is 3.29. The van der Waals surface area contributed by atoms with Gasteiger partial charge >= 0.3 is 0 Å². The zero-order valence-electron chi connectivity index (χ0n) is 9.61. The number of hydrogen-bond donors (Lipinski definition) is 2. The van der Waals surface area contributed by atoms with Crippen LogP contribution in [0.1, 0.15) is 22.1 Å². The SMILES string of the molecule is Cc1noc(CNC(=O)c2cc(N)ccc2Br)n1. The molecule has 2 aromatic rings. The van der Waals surface area contributed by atoms with Gasteiger partial charge in [0.15, 0.2) is 5.82 Å². The Hall–Kier alpha value is -1.89. The van der Waals surface area contributed by atoms with Crippen molar-refractivity contribution in [1.82, 2.24) is 15.5 Å². The van der Waals surface area contributed by atoms with Crippen molar-refractivity contribution in [2.45, 2.75) is 13.5 Å². The highest BCUT2D eigenvalue weighted by atomic mass is 79.9. The van der Waals surface area contributed by atoms with Crippen LogP contribution < -0.4 is 11.1 Å². The summed E-state index contributed by atoms with van der Waals surface area (Å²) in [5.74, 6) is 0.635. The summed E-state index contributed by atoms with van der Waals surface area (Å²) < 4.78 is 5.57. The first-order chi connectivity index (χ1) is 8.56. The van der Waals surface area contributed by atoms with E-state index in [9.17, 15) is 4.79 Å². The van der Waals surface area contributed by atoms with Crippen LogP contribution in [0.3, 0.4) is 0 Å². The summed E-state index contributed by atoms with van der Waals surface area (Å²) in [4.78, 5) is 15.9. The molecule has 1 heterocycles. The number of nitrogens with one attached hydrogen (secondary N) is 1. The van der Waals surface area contributed by atoms with Crippen LogP contribution in [0.4, 0.5) is 5.69 Å². The van der Waals surface area contributed by atoms with Gasteiger partial charge in [0.05, 0.1) is 12.1 Å². The van der Waals surface area contributed by atoms with Crippen molar-refractivity contribution < 1.29 is 9.32 Å². The maximum Gasteiger partial charge on any atom is 0.252 e. The minimum absolute atomic E-state index is 0.181. The highest BCUT2D eigenvalue weighted by Gasteiger charge is 2.11. The van der Waals surface area contributed by atoms with Gasteiger partial charge in [0.25, 0.3) is 5.91 Å². The fourth-order valence-corrected chi connectivity index (χ4v) is 1.81. The first-order valence-electron chi connectivity index (χ1n) is 5.18. The Morgan fingerprint density at radius 2 is 2.33 bits per heavy atom. The van der Waals surface area contributed by atoms with Gasteiger partial charge in [-0.25, -0.2) is 0 Å². The average Bonchev–Trinajstić information content (AvgIpc) is 2.75. The van der Waals surface area contributed by atoms with Crippen molar-refractivity contribution in [2.75, 3.05) is 5.73 Å². The Morgan fingerprint density at radius 1 is 1.56 bits per heavy atom. The van der Waals surface area contributed by atoms with Gasteiger partial charge in [-0.05, 0) is 41.1 Å². The van der Waals surface area contributed by atoms with Gasteiger partial charge in [0.2, 0.25) is 5.89 Å². The van der Waals surface area contributed by atoms with Crippen LogP contribution in [0.15, 0.2) is 27.2 Å². The van der Waals surface area contributed by atoms with Crippen molar-refractivity contribution in [1.29, 1.82) is 0 Å². The van der Waals surface area contributed by atoms with Crippen LogP contribution in [0, 0.1) is 6.92 Å². The van der Waals surface area contributed by atoms with Crippen molar-refractivity contribution in [3.8, 4) is 0 Å². The molecule has 1 aromatic heterocycles. The van der Waals surface area contributed by atoms with Gasteiger partial charge in [-0.2, -0.15) is 4.98 Å². The number of anilines is 1. The number of aryl methyl sites for hydroxylation is 1. The lowest BCUT2D eigenvalue weighted by molar-refractivity contribution is 0.0945. The molecule has 0 fully saturated rings. The molecule has 0 radical (unpaired) electrons. The van der Waals surface area contributed by atoms with Crippen LogP contribution in [-0.2, 0) is 6.54 Å². The number of benzene rings is 1. The van der Waals surface area contributed by atoms with Crippen LogP contribution in [0.25, 0.3) is 0 Å². The number of nitrogen functional groups attached to an aromatic ring is 1. The number of aromatic nitrogens is 2. The maximum absolute atomic E-state index is 11.9. The highest BCUT2D eigenvalue weighted by molar-refractivity contribution is 9.10. The lowest BCUT2D eigenvalue weighted by Crippen LogP contribution is -2.23. The third-order valence-corrected chi connectivity index (χ3v) is 2.90. The third kappa shape index (κ3) is 2.86. The zero-order chi connectivity index (χ0) is 13.1. The molecule has 0 saturated carbocycles. The molecule has 0 aliphatic heterocycles. The van der Waals surface area contributed by atoms with Crippen LogP contribution in [0.2, 0.25) is 0 Å². The first kappa shape index (κ1) is 12.6. The average molecular weight is 311 g/mol. The van der Waals surface area contributed by atoms with E-state index in [1.54, 1.807) is 25.1 Å². The number of carbonyl (C=O) groups is 1. The van der Waals surface area contributed by atoms with E-state index in [0.717, 1.165) is 0 Å². The van der Waals surface area contributed by atoms with E-state index in [-0.39, 0.29) is 12.5 Å². The first-order valence-corrected chi connectivity index (χ1v) is 5.98. The Bertz CT molecular complexity index is 582. The monoisotopic (exact) mass is 310 g/mol. The fraction of sp³-hybridized carbons (Fsp3) is 0.182. The lowest BCUT2D eigenvalue weighted by Gasteiger charge is -2.05. The molecule has 0 spiro atoms. The number of nitrogens with zero attached hydrogens (tertiary/aromatic N) is 2. The summed E-state index contributed by atoms with van der Waals surface area (Å²) in [6.45, 7) is 1.89. The summed E-state index contributed by atoms with van der Waals surface area (Å²) in [5, 5.41) is 6.31. The highest BCUT2D eigenvalue weighted by Crippen LogP contribution is 2.19. The van der Waals surface area contributed by atoms with Gasteiger partial charge in [-0.1, -0.05) is 5.16 Å². The molecule has 0 unspecified atom stereocenters. The van der Waals surface area contributed by atoms with Crippen molar-refractivity contribution in [2.24, 2.45) is 0 Å². The van der Waals surface area contributed by atoms with Gasteiger partial charge in [-0.3, -0.25) is 4.79 Å². The van der Waals surface area contributed by atoms with Crippen LogP contribution >= 0.6 is 15.9 Å². The van der Waals surface area contributed by atoms with E-state index in [1.807, 2.05) is 0 Å². The summed E-state index contributed by atoms with van der Waals surface area (Å²) in [6, 6.07) is 5.03. The van der Waals surface area contributed by atoms with E-state index in [1.165, 1.54) is 0 Å². The number of halogens is 1. The topological polar surface area (TPSA) is 94.0 Å². The van der Waals surface area contributed by atoms with Crippen molar-refractivity contribution >= 4 is 27.5 Å². The third-order valence-electron chi connectivity index (χ3n) is 2.20. The van der Waals surface area contributed by atoms with E-state index in [4.69, 9.17) is 10.3 Å². The molecule has 0 atom stereocenters. The van der Waals surface area contributed by atoms with E-state index < -0.39 is 0 Å². The predicted octanol–water partition coefficient (Wildman–Crippen LogP) is 1.65. The molecule has 1 amide bonds. The van der Waals surface area contributed by atoms with Gasteiger partial charge in [0.1, 0.15) is 0 Å². The molecule has 6 nitrogen and oxygen atoms in total. The molecule has 0 aliphatic rings. The molecule has 0 bridgehead atoms. The van der Waals surface area contributed by atoms with Crippen molar-refractivity contribution in [3.05, 3.63) is 40.0 Å². The standard InChI is InChI=1S/C11H11BrN4O2/c1-6-15-10(18-16-6)5-14-11(17)8-4-7(13)2-3-9(8)12/h2-4H,5,13H2,1H3,(H,14,17). The minimum Gasteiger partial charge on any atom is -0.399 e. The number of nitrogens with two attached hydrogens (primary N) is 1. The molecule has 3 N–H and O–H groups in total. The van der Waals surface area contributed by atoms with Gasteiger partial charge < -0.3 is 15.6 Å². The second kappa shape index (κ2) is 5.18. The Kier molecular flexibility index (Phi) is 3.61. The summed E-state index contributed by atoms with van der Waals surface area (Å²) in [7, 11) is 0. The lowest BCUT2D eigenvalue weighted by atomic mass is 10.2. The minimum atomic E-state index is -0.259. The molecular formula is C11H11BrN4O2. The molecule has 2 rings (SSSR count). The largest absolute Gasteiger partial charge is 0.399 e. The number of hydrogen-bond acceptors (Lipinski definition) is 5. The number of carbonyl (C=O) groups excluding carboxylic acids is 1. The molecular weight excluding hydrogens is 300 g/mol. The van der Waals surface area contributed by atoms with E-state index >= 15 is 0 Å². The Labute approximate surface area is 112 Å². The summed E-state index contributed by atoms with van der Waals surface area (Å²) in [5.41, 5.74) is 6.62. The van der Waals surface area contributed by atoms with Crippen LogP contribution in [0.5, 0.6) is 0 Å². The Morgan fingerprint density at radius 3 is 3.00 bits per heavy atom. The second-order valence-electron chi connectivity index (χ2n) is 3.66. The predicted molar refractivity (Wildman–Crippen MR) is 68.8 cm³/mol. The smallest absolute Gasteiger partial charge is 0.252 e.